The topological polar surface area (TPSA) is 34.1 Å². The van der Waals surface area contributed by atoms with Gasteiger partial charge in [0.15, 0.2) is 0 Å². The van der Waals surface area contributed by atoms with Crippen LogP contribution >= 0.6 is 0 Å². The van der Waals surface area contributed by atoms with Crippen LogP contribution in [0.15, 0.2) is 18.2 Å². The number of anilines is 1. The number of ether oxygens (including phenoxy) is 1. The largest absolute Gasteiger partial charge is 0.373 e. The second-order valence-corrected chi connectivity index (χ2v) is 3.55. The van der Waals surface area contributed by atoms with Crippen LogP contribution in [0, 0.1) is 0 Å². The van der Waals surface area contributed by atoms with Gasteiger partial charge in [-0.25, -0.2) is 4.98 Å². The standard InChI is InChI=1S/C11H16N2O/c1-12-11-7-4-5-9(13-11)10-6-2-3-8-14-10/h4-5,7,10H,2-3,6,8H2,1H3,(H,12,13). The van der Waals surface area contributed by atoms with Crippen molar-refractivity contribution in [3.05, 3.63) is 23.9 Å². The van der Waals surface area contributed by atoms with Crippen molar-refractivity contribution in [2.75, 3.05) is 19.0 Å². The van der Waals surface area contributed by atoms with Crippen LogP contribution < -0.4 is 5.32 Å². The van der Waals surface area contributed by atoms with Gasteiger partial charge >= 0.3 is 0 Å². The van der Waals surface area contributed by atoms with E-state index in [1.165, 1.54) is 12.8 Å². The lowest BCUT2D eigenvalue weighted by Crippen LogP contribution is -2.13. The molecule has 0 saturated carbocycles. The Bertz CT molecular complexity index is 295. The van der Waals surface area contributed by atoms with Crippen molar-refractivity contribution in [3.8, 4) is 0 Å². The van der Waals surface area contributed by atoms with Gasteiger partial charge < -0.3 is 10.1 Å². The molecular weight excluding hydrogens is 176 g/mol. The zero-order chi connectivity index (χ0) is 9.80. The number of nitrogens with one attached hydrogen (secondary N) is 1. The summed E-state index contributed by atoms with van der Waals surface area (Å²) in [4.78, 5) is 4.48. The average molecular weight is 192 g/mol. The summed E-state index contributed by atoms with van der Waals surface area (Å²) >= 11 is 0. The van der Waals surface area contributed by atoms with Gasteiger partial charge in [0.1, 0.15) is 5.82 Å². The van der Waals surface area contributed by atoms with E-state index in [0.717, 1.165) is 24.5 Å². The summed E-state index contributed by atoms with van der Waals surface area (Å²) in [5, 5.41) is 3.04. The van der Waals surface area contributed by atoms with Crippen LogP contribution in [0.4, 0.5) is 5.82 Å². The van der Waals surface area contributed by atoms with E-state index in [-0.39, 0.29) is 6.10 Å². The molecule has 0 radical (unpaired) electrons. The van der Waals surface area contributed by atoms with Gasteiger partial charge in [-0.05, 0) is 31.4 Å². The summed E-state index contributed by atoms with van der Waals surface area (Å²) in [6, 6.07) is 6.02. The van der Waals surface area contributed by atoms with E-state index in [2.05, 4.69) is 10.3 Å². The van der Waals surface area contributed by atoms with Gasteiger partial charge in [-0.1, -0.05) is 6.07 Å². The maximum atomic E-state index is 5.67. The third kappa shape index (κ3) is 2.04. The molecule has 1 aliphatic heterocycles. The summed E-state index contributed by atoms with van der Waals surface area (Å²) in [7, 11) is 1.88. The Morgan fingerprint density at radius 2 is 2.36 bits per heavy atom. The number of aromatic nitrogens is 1. The van der Waals surface area contributed by atoms with Gasteiger partial charge in [0, 0.05) is 13.7 Å². The van der Waals surface area contributed by atoms with E-state index in [9.17, 15) is 0 Å². The molecule has 1 fully saturated rings. The molecule has 1 N–H and O–H groups in total. The number of hydrogen-bond acceptors (Lipinski definition) is 3. The minimum atomic E-state index is 0.206. The van der Waals surface area contributed by atoms with Gasteiger partial charge in [-0.15, -0.1) is 0 Å². The predicted octanol–water partition coefficient (Wildman–Crippen LogP) is 2.36. The molecule has 0 aliphatic carbocycles. The summed E-state index contributed by atoms with van der Waals surface area (Å²) in [5.41, 5.74) is 1.05. The Balaban J connectivity index is 2.13. The second kappa shape index (κ2) is 4.42. The lowest BCUT2D eigenvalue weighted by atomic mass is 10.1. The zero-order valence-corrected chi connectivity index (χ0v) is 8.49. The fraction of sp³-hybridized carbons (Fsp3) is 0.545. The van der Waals surface area contributed by atoms with E-state index in [0.29, 0.717) is 0 Å². The minimum absolute atomic E-state index is 0.206. The molecule has 1 atom stereocenters. The summed E-state index contributed by atoms with van der Waals surface area (Å²) in [5.74, 6) is 0.914. The van der Waals surface area contributed by atoms with Crippen LogP contribution in [-0.4, -0.2) is 18.6 Å². The fourth-order valence-corrected chi connectivity index (χ4v) is 1.74. The smallest absolute Gasteiger partial charge is 0.126 e. The lowest BCUT2D eigenvalue weighted by Gasteiger charge is -2.22. The fourth-order valence-electron chi connectivity index (χ4n) is 1.74. The van der Waals surface area contributed by atoms with Crippen molar-refractivity contribution < 1.29 is 4.74 Å². The van der Waals surface area contributed by atoms with Crippen LogP contribution in [0.3, 0.4) is 0 Å². The van der Waals surface area contributed by atoms with Crippen molar-refractivity contribution in [1.29, 1.82) is 0 Å². The average Bonchev–Trinajstić information content (AvgIpc) is 2.30. The Labute approximate surface area is 84.5 Å². The Morgan fingerprint density at radius 1 is 1.43 bits per heavy atom. The quantitative estimate of drug-likeness (QED) is 0.781. The highest BCUT2D eigenvalue weighted by atomic mass is 16.5. The molecule has 1 aromatic rings. The Kier molecular flexibility index (Phi) is 2.99. The van der Waals surface area contributed by atoms with Crippen LogP contribution in [0.25, 0.3) is 0 Å². The Morgan fingerprint density at radius 3 is 3.07 bits per heavy atom. The molecule has 1 saturated heterocycles. The first kappa shape index (κ1) is 9.46. The van der Waals surface area contributed by atoms with Gasteiger partial charge in [-0.3, -0.25) is 0 Å². The molecule has 0 aromatic carbocycles. The molecule has 1 aliphatic rings. The van der Waals surface area contributed by atoms with Crippen molar-refractivity contribution in [2.45, 2.75) is 25.4 Å². The van der Waals surface area contributed by atoms with E-state index in [1.54, 1.807) is 0 Å². The molecule has 2 rings (SSSR count). The zero-order valence-electron chi connectivity index (χ0n) is 8.49. The first-order valence-electron chi connectivity index (χ1n) is 5.16. The number of nitrogens with zero attached hydrogens (tertiary/aromatic N) is 1. The summed E-state index contributed by atoms with van der Waals surface area (Å²) < 4.78 is 5.67. The normalized spacial score (nSPS) is 21.9. The highest BCUT2D eigenvalue weighted by molar-refractivity contribution is 5.34. The molecule has 0 amide bonds. The third-order valence-electron chi connectivity index (χ3n) is 2.54. The number of hydrogen-bond donors (Lipinski definition) is 1. The maximum Gasteiger partial charge on any atom is 0.126 e. The van der Waals surface area contributed by atoms with E-state index in [4.69, 9.17) is 4.74 Å². The van der Waals surface area contributed by atoms with Crippen LogP contribution in [0.1, 0.15) is 31.1 Å². The number of rotatable bonds is 2. The molecular formula is C11H16N2O. The molecule has 0 spiro atoms. The van der Waals surface area contributed by atoms with E-state index in [1.807, 2.05) is 25.2 Å². The Hall–Kier alpha value is -1.09. The third-order valence-corrected chi connectivity index (χ3v) is 2.54. The number of pyridine rings is 1. The molecule has 14 heavy (non-hydrogen) atoms. The molecule has 76 valence electrons. The van der Waals surface area contributed by atoms with Crippen molar-refractivity contribution in [3.63, 3.8) is 0 Å². The SMILES string of the molecule is CNc1cccc(C2CCCCO2)n1. The molecule has 3 nitrogen and oxygen atoms in total. The van der Waals surface area contributed by atoms with E-state index >= 15 is 0 Å². The van der Waals surface area contributed by atoms with Crippen LogP contribution in [-0.2, 0) is 4.74 Å². The van der Waals surface area contributed by atoms with Crippen LogP contribution in [0.2, 0.25) is 0 Å². The van der Waals surface area contributed by atoms with Gasteiger partial charge in [0.25, 0.3) is 0 Å². The van der Waals surface area contributed by atoms with Gasteiger partial charge in [0.2, 0.25) is 0 Å². The monoisotopic (exact) mass is 192 g/mol. The lowest BCUT2D eigenvalue weighted by molar-refractivity contribution is 0.0124. The van der Waals surface area contributed by atoms with Gasteiger partial charge in [0.05, 0.1) is 11.8 Å². The van der Waals surface area contributed by atoms with Crippen LogP contribution in [0.5, 0.6) is 0 Å². The highest BCUT2D eigenvalue weighted by Gasteiger charge is 2.17. The van der Waals surface area contributed by atoms with E-state index < -0.39 is 0 Å². The van der Waals surface area contributed by atoms with Gasteiger partial charge in [-0.2, -0.15) is 0 Å². The first-order valence-corrected chi connectivity index (χ1v) is 5.16. The molecule has 0 bridgehead atoms. The summed E-state index contributed by atoms with van der Waals surface area (Å²) in [6.45, 7) is 0.871. The molecule has 2 heterocycles. The molecule has 1 unspecified atom stereocenters. The van der Waals surface area contributed by atoms with Crippen molar-refractivity contribution in [2.24, 2.45) is 0 Å². The minimum Gasteiger partial charge on any atom is -0.373 e. The highest BCUT2D eigenvalue weighted by Crippen LogP contribution is 2.26. The molecule has 1 aromatic heterocycles. The van der Waals surface area contributed by atoms with Crippen molar-refractivity contribution >= 4 is 5.82 Å². The van der Waals surface area contributed by atoms with Crippen molar-refractivity contribution in [1.82, 2.24) is 4.98 Å². The molecule has 3 heteroatoms. The first-order chi connectivity index (χ1) is 6.90. The predicted molar refractivity (Wildman–Crippen MR) is 56.3 cm³/mol. The summed E-state index contributed by atoms with van der Waals surface area (Å²) in [6.07, 6.45) is 3.73. The second-order valence-electron chi connectivity index (χ2n) is 3.55. The maximum absolute atomic E-state index is 5.67.